The van der Waals surface area contributed by atoms with Crippen LogP contribution in [0.3, 0.4) is 0 Å². The van der Waals surface area contributed by atoms with Gasteiger partial charge in [-0.15, -0.1) is 0 Å². The van der Waals surface area contributed by atoms with Gasteiger partial charge in [0.25, 0.3) is 0 Å². The first kappa shape index (κ1) is 16.3. The fourth-order valence-electron chi connectivity index (χ4n) is 3.40. The number of anilines is 1. The van der Waals surface area contributed by atoms with E-state index in [0.29, 0.717) is 16.9 Å². The Bertz CT molecular complexity index is 884. The van der Waals surface area contributed by atoms with Gasteiger partial charge in [-0.05, 0) is 37.1 Å². The molecule has 1 aliphatic heterocycles. The molecule has 0 bridgehead atoms. The number of rotatable bonds is 3. The minimum absolute atomic E-state index is 0.299. The molecule has 0 amide bonds. The number of halogens is 1. The summed E-state index contributed by atoms with van der Waals surface area (Å²) in [5, 5.41) is 5.96. The number of benzene rings is 1. The zero-order chi connectivity index (χ0) is 17.4. The van der Waals surface area contributed by atoms with E-state index in [-0.39, 0.29) is 0 Å². The minimum atomic E-state index is 0.299. The van der Waals surface area contributed by atoms with Gasteiger partial charge in [0.1, 0.15) is 0 Å². The first-order valence-corrected chi connectivity index (χ1v) is 9.12. The highest BCUT2D eigenvalue weighted by Crippen LogP contribution is 2.33. The lowest BCUT2D eigenvalue weighted by atomic mass is 9.96. The highest BCUT2D eigenvalue weighted by Gasteiger charge is 2.26. The Hall–Kier alpha value is -2.14. The first-order chi connectivity index (χ1) is 12.1. The van der Waals surface area contributed by atoms with Gasteiger partial charge in [-0.2, -0.15) is 4.98 Å². The molecule has 6 heteroatoms. The minimum Gasteiger partial charge on any atom is -0.371 e. The summed E-state index contributed by atoms with van der Waals surface area (Å²) in [6.45, 7) is 6.09. The molecule has 1 saturated heterocycles. The topological polar surface area (TPSA) is 55.1 Å². The third kappa shape index (κ3) is 3.21. The molecule has 1 aliphatic rings. The molecular weight excluding hydrogens is 336 g/mol. The molecule has 0 spiro atoms. The van der Waals surface area contributed by atoms with Crippen molar-refractivity contribution in [1.29, 1.82) is 0 Å². The summed E-state index contributed by atoms with van der Waals surface area (Å²) in [7, 11) is 0. The molecule has 3 heterocycles. The van der Waals surface area contributed by atoms with E-state index in [0.717, 1.165) is 48.5 Å². The standard InChI is InChI=1S/C19H21ClN4O/c1-12(2)18-22-19(25-23-18)13-6-9-24(10-7-13)17-5-8-21-16-11-14(20)3-4-15(16)17/h3-5,8,11-13H,6-7,9-10H2,1-2H3. The second-order valence-electron chi connectivity index (χ2n) is 6.90. The van der Waals surface area contributed by atoms with Crippen LogP contribution in [0.2, 0.25) is 5.02 Å². The van der Waals surface area contributed by atoms with Crippen molar-refractivity contribution >= 4 is 28.2 Å². The molecule has 1 aromatic carbocycles. The molecule has 25 heavy (non-hydrogen) atoms. The monoisotopic (exact) mass is 356 g/mol. The molecule has 0 N–H and O–H groups in total. The number of hydrogen-bond donors (Lipinski definition) is 0. The van der Waals surface area contributed by atoms with E-state index in [1.807, 2.05) is 18.3 Å². The summed E-state index contributed by atoms with van der Waals surface area (Å²) in [5.41, 5.74) is 2.15. The summed E-state index contributed by atoms with van der Waals surface area (Å²) in [6, 6.07) is 7.98. The van der Waals surface area contributed by atoms with E-state index in [4.69, 9.17) is 16.1 Å². The van der Waals surface area contributed by atoms with Crippen molar-refractivity contribution in [3.05, 3.63) is 47.2 Å². The van der Waals surface area contributed by atoms with E-state index in [9.17, 15) is 0 Å². The molecule has 0 radical (unpaired) electrons. The van der Waals surface area contributed by atoms with Crippen LogP contribution in [0.5, 0.6) is 0 Å². The van der Waals surface area contributed by atoms with Crippen molar-refractivity contribution in [1.82, 2.24) is 15.1 Å². The molecule has 1 fully saturated rings. The molecule has 3 aromatic rings. The van der Waals surface area contributed by atoms with Gasteiger partial charge in [0.05, 0.1) is 5.52 Å². The summed E-state index contributed by atoms with van der Waals surface area (Å²) < 4.78 is 5.49. The normalized spacial score (nSPS) is 16.1. The maximum absolute atomic E-state index is 6.09. The van der Waals surface area contributed by atoms with Crippen LogP contribution in [0, 0.1) is 0 Å². The fraction of sp³-hybridized carbons (Fsp3) is 0.421. The Balaban J connectivity index is 1.52. The average molecular weight is 357 g/mol. The number of pyridine rings is 1. The van der Waals surface area contributed by atoms with Gasteiger partial charge in [-0.3, -0.25) is 4.98 Å². The van der Waals surface area contributed by atoms with Gasteiger partial charge in [0.2, 0.25) is 5.89 Å². The first-order valence-electron chi connectivity index (χ1n) is 8.74. The third-order valence-electron chi connectivity index (χ3n) is 4.84. The summed E-state index contributed by atoms with van der Waals surface area (Å²) >= 11 is 6.09. The van der Waals surface area contributed by atoms with Crippen LogP contribution in [-0.2, 0) is 0 Å². The molecule has 0 atom stereocenters. The molecule has 0 aliphatic carbocycles. The Labute approximate surface area is 152 Å². The van der Waals surface area contributed by atoms with Crippen molar-refractivity contribution in [2.45, 2.75) is 38.5 Å². The predicted molar refractivity (Wildman–Crippen MR) is 99.3 cm³/mol. The van der Waals surface area contributed by atoms with E-state index in [1.165, 1.54) is 5.69 Å². The molecule has 4 rings (SSSR count). The van der Waals surface area contributed by atoms with Crippen molar-refractivity contribution in [2.24, 2.45) is 0 Å². The van der Waals surface area contributed by atoms with Crippen LogP contribution >= 0.6 is 11.6 Å². The Morgan fingerprint density at radius 1 is 1.20 bits per heavy atom. The molecule has 0 saturated carbocycles. The maximum atomic E-state index is 6.09. The summed E-state index contributed by atoms with van der Waals surface area (Å²) in [4.78, 5) is 11.4. The van der Waals surface area contributed by atoms with Crippen LogP contribution in [-0.4, -0.2) is 28.2 Å². The average Bonchev–Trinajstić information content (AvgIpc) is 3.11. The second kappa shape index (κ2) is 6.64. The predicted octanol–water partition coefficient (Wildman–Crippen LogP) is 4.78. The lowest BCUT2D eigenvalue weighted by molar-refractivity contribution is 0.326. The second-order valence-corrected chi connectivity index (χ2v) is 7.33. The number of fused-ring (bicyclic) bond motifs is 1. The van der Waals surface area contributed by atoms with Crippen molar-refractivity contribution < 1.29 is 4.52 Å². The van der Waals surface area contributed by atoms with Crippen LogP contribution < -0.4 is 4.90 Å². The van der Waals surface area contributed by atoms with Crippen molar-refractivity contribution in [3.63, 3.8) is 0 Å². The van der Waals surface area contributed by atoms with Gasteiger partial charge >= 0.3 is 0 Å². The molecule has 0 unspecified atom stereocenters. The molecule has 2 aromatic heterocycles. The van der Waals surface area contributed by atoms with E-state index in [2.05, 4.69) is 46.0 Å². The number of nitrogens with zero attached hydrogens (tertiary/aromatic N) is 4. The Morgan fingerprint density at radius 2 is 2.00 bits per heavy atom. The zero-order valence-electron chi connectivity index (χ0n) is 14.4. The molecule has 5 nitrogen and oxygen atoms in total. The summed E-state index contributed by atoms with van der Waals surface area (Å²) in [5.74, 6) is 2.23. The van der Waals surface area contributed by atoms with E-state index >= 15 is 0 Å². The quantitative estimate of drug-likeness (QED) is 0.676. The number of aromatic nitrogens is 3. The van der Waals surface area contributed by atoms with Crippen LogP contribution in [0.4, 0.5) is 5.69 Å². The van der Waals surface area contributed by atoms with Gasteiger partial charge in [0.15, 0.2) is 5.82 Å². The number of piperidine rings is 1. The van der Waals surface area contributed by atoms with Gasteiger partial charge in [-0.25, -0.2) is 0 Å². The summed E-state index contributed by atoms with van der Waals surface area (Å²) in [6.07, 6.45) is 3.88. The largest absolute Gasteiger partial charge is 0.371 e. The lowest BCUT2D eigenvalue weighted by Gasteiger charge is -2.32. The van der Waals surface area contributed by atoms with Crippen molar-refractivity contribution in [3.8, 4) is 0 Å². The molecular formula is C19H21ClN4O. The highest BCUT2D eigenvalue weighted by atomic mass is 35.5. The van der Waals surface area contributed by atoms with Crippen LogP contribution in [0.15, 0.2) is 35.0 Å². The fourth-order valence-corrected chi connectivity index (χ4v) is 3.56. The molecule has 130 valence electrons. The smallest absolute Gasteiger partial charge is 0.229 e. The SMILES string of the molecule is CC(C)c1noc(C2CCN(c3ccnc4cc(Cl)ccc34)CC2)n1. The third-order valence-corrected chi connectivity index (χ3v) is 5.08. The zero-order valence-corrected chi connectivity index (χ0v) is 15.2. The lowest BCUT2D eigenvalue weighted by Crippen LogP contribution is -2.33. The maximum Gasteiger partial charge on any atom is 0.229 e. The Kier molecular flexibility index (Phi) is 4.34. The van der Waals surface area contributed by atoms with E-state index < -0.39 is 0 Å². The van der Waals surface area contributed by atoms with Crippen LogP contribution in [0.25, 0.3) is 10.9 Å². The van der Waals surface area contributed by atoms with Gasteiger partial charge < -0.3 is 9.42 Å². The van der Waals surface area contributed by atoms with Crippen LogP contribution in [0.1, 0.15) is 50.2 Å². The van der Waals surface area contributed by atoms with Gasteiger partial charge in [0, 0.05) is 47.2 Å². The Morgan fingerprint density at radius 3 is 2.72 bits per heavy atom. The van der Waals surface area contributed by atoms with Gasteiger partial charge in [-0.1, -0.05) is 30.6 Å². The van der Waals surface area contributed by atoms with E-state index in [1.54, 1.807) is 0 Å². The number of hydrogen-bond acceptors (Lipinski definition) is 5. The van der Waals surface area contributed by atoms with Crippen molar-refractivity contribution in [2.75, 3.05) is 18.0 Å². The highest BCUT2D eigenvalue weighted by molar-refractivity contribution is 6.31.